The highest BCUT2D eigenvalue weighted by Gasteiger charge is 2.51. The fourth-order valence-corrected chi connectivity index (χ4v) is 3.67. The molecular weight excluding hydrogens is 416 g/mol. The molecule has 6 nitrogen and oxygen atoms in total. The van der Waals surface area contributed by atoms with Crippen molar-refractivity contribution in [2.45, 2.75) is 58.0 Å². The van der Waals surface area contributed by atoms with Crippen LogP contribution in [-0.2, 0) is 20.0 Å². The quantitative estimate of drug-likeness (QED) is 0.690. The minimum atomic E-state index is -1.37. The SMILES string of the molecule is C[C@H](OC(C)(C)C)C(=O)N1N=C(c2cc(F)ccc2F)OC1(CCCN)c1ccccc1. The van der Waals surface area contributed by atoms with Crippen LogP contribution in [0.1, 0.15) is 51.7 Å². The Morgan fingerprint density at radius 2 is 1.91 bits per heavy atom. The number of hydrazone groups is 1. The summed E-state index contributed by atoms with van der Waals surface area (Å²) in [7, 11) is 0. The van der Waals surface area contributed by atoms with Gasteiger partial charge in [-0.25, -0.2) is 8.78 Å². The fourth-order valence-electron chi connectivity index (χ4n) is 3.67. The Balaban J connectivity index is 2.13. The molecule has 1 aliphatic rings. The highest BCUT2D eigenvalue weighted by atomic mass is 19.1. The van der Waals surface area contributed by atoms with Crippen LogP contribution in [0.4, 0.5) is 8.78 Å². The summed E-state index contributed by atoms with van der Waals surface area (Å²) in [6.07, 6.45) is -0.0624. The number of rotatable bonds is 7. The van der Waals surface area contributed by atoms with Crippen LogP contribution < -0.4 is 5.73 Å². The van der Waals surface area contributed by atoms with E-state index in [1.54, 1.807) is 31.2 Å². The van der Waals surface area contributed by atoms with Gasteiger partial charge in [0.2, 0.25) is 11.6 Å². The van der Waals surface area contributed by atoms with Crippen molar-refractivity contribution >= 4 is 11.8 Å². The van der Waals surface area contributed by atoms with Gasteiger partial charge >= 0.3 is 0 Å². The molecule has 0 saturated heterocycles. The van der Waals surface area contributed by atoms with Crippen LogP contribution in [0.15, 0.2) is 53.6 Å². The average Bonchev–Trinajstić information content (AvgIpc) is 3.13. The molecule has 0 bridgehead atoms. The van der Waals surface area contributed by atoms with Crippen LogP contribution in [0.25, 0.3) is 0 Å². The molecule has 1 amide bonds. The van der Waals surface area contributed by atoms with Crippen molar-refractivity contribution in [3.63, 3.8) is 0 Å². The van der Waals surface area contributed by atoms with Crippen molar-refractivity contribution in [2.24, 2.45) is 10.8 Å². The highest BCUT2D eigenvalue weighted by molar-refractivity contribution is 5.97. The molecule has 0 aromatic heterocycles. The Morgan fingerprint density at radius 1 is 1.22 bits per heavy atom. The molecule has 2 aromatic carbocycles. The lowest BCUT2D eigenvalue weighted by atomic mass is 9.96. The standard InChI is InChI=1S/C24H29F2N3O3/c1-16(31-23(2,3)4)22(30)29-24(13-8-14-27,17-9-6-5-7-10-17)32-21(28-29)19-15-18(25)11-12-20(19)26/h5-7,9-12,15-16H,8,13-14,27H2,1-4H3/t16-,24?/m0/s1. The van der Waals surface area contributed by atoms with Crippen molar-refractivity contribution in [1.29, 1.82) is 0 Å². The van der Waals surface area contributed by atoms with Gasteiger partial charge < -0.3 is 15.2 Å². The van der Waals surface area contributed by atoms with E-state index in [-0.39, 0.29) is 11.5 Å². The second-order valence-corrected chi connectivity index (χ2v) is 8.70. The summed E-state index contributed by atoms with van der Waals surface area (Å²) in [5, 5.41) is 5.53. The lowest BCUT2D eigenvalue weighted by Crippen LogP contribution is -2.49. The van der Waals surface area contributed by atoms with Gasteiger partial charge in [0.25, 0.3) is 5.91 Å². The van der Waals surface area contributed by atoms with Crippen molar-refractivity contribution in [3.05, 3.63) is 71.3 Å². The van der Waals surface area contributed by atoms with Gasteiger partial charge in [0.1, 0.15) is 17.7 Å². The molecule has 0 fully saturated rings. The number of carbonyl (C=O) groups is 1. The second kappa shape index (κ2) is 9.34. The predicted molar refractivity (Wildman–Crippen MR) is 118 cm³/mol. The van der Waals surface area contributed by atoms with Crippen molar-refractivity contribution in [3.8, 4) is 0 Å². The molecule has 0 spiro atoms. The van der Waals surface area contributed by atoms with Crippen LogP contribution in [-0.4, -0.2) is 35.1 Å². The van der Waals surface area contributed by atoms with Crippen LogP contribution >= 0.6 is 0 Å². The zero-order valence-electron chi connectivity index (χ0n) is 18.8. The Labute approximate surface area is 187 Å². The summed E-state index contributed by atoms with van der Waals surface area (Å²) in [5.41, 5.74) is 4.28. The van der Waals surface area contributed by atoms with Gasteiger partial charge in [0, 0.05) is 12.0 Å². The van der Waals surface area contributed by atoms with Crippen LogP contribution in [0, 0.1) is 11.6 Å². The number of halogens is 2. The van der Waals surface area contributed by atoms with E-state index >= 15 is 0 Å². The van der Waals surface area contributed by atoms with Crippen molar-refractivity contribution in [2.75, 3.05) is 6.54 Å². The Hall–Kier alpha value is -2.84. The lowest BCUT2D eigenvalue weighted by Gasteiger charge is -2.37. The zero-order valence-corrected chi connectivity index (χ0v) is 18.8. The summed E-state index contributed by atoms with van der Waals surface area (Å²) in [4.78, 5) is 13.5. The van der Waals surface area contributed by atoms with E-state index < -0.39 is 35.0 Å². The zero-order chi connectivity index (χ0) is 23.5. The van der Waals surface area contributed by atoms with Gasteiger partial charge in [0.05, 0.1) is 11.2 Å². The third-order valence-corrected chi connectivity index (χ3v) is 4.99. The third-order valence-electron chi connectivity index (χ3n) is 4.99. The average molecular weight is 446 g/mol. The second-order valence-electron chi connectivity index (χ2n) is 8.70. The molecule has 0 saturated carbocycles. The summed E-state index contributed by atoms with van der Waals surface area (Å²) in [6, 6.07) is 12.0. The highest BCUT2D eigenvalue weighted by Crippen LogP contribution is 2.41. The fraction of sp³-hybridized carbons (Fsp3) is 0.417. The lowest BCUT2D eigenvalue weighted by molar-refractivity contribution is -0.171. The molecule has 1 heterocycles. The summed E-state index contributed by atoms with van der Waals surface area (Å²) >= 11 is 0. The first-order valence-electron chi connectivity index (χ1n) is 10.6. The maximum absolute atomic E-state index is 14.6. The molecule has 8 heteroatoms. The van der Waals surface area contributed by atoms with E-state index in [1.807, 2.05) is 26.8 Å². The van der Waals surface area contributed by atoms with Crippen molar-refractivity contribution < 1.29 is 23.0 Å². The maximum atomic E-state index is 14.6. The minimum absolute atomic E-state index is 0.169. The number of hydrogen-bond acceptors (Lipinski definition) is 5. The molecule has 3 rings (SSSR count). The number of amides is 1. The Bertz CT molecular complexity index is 992. The molecule has 172 valence electrons. The normalized spacial score (nSPS) is 19.5. The van der Waals surface area contributed by atoms with Gasteiger partial charge in [-0.15, -0.1) is 5.10 Å². The number of nitrogens with two attached hydrogens (primary N) is 1. The molecule has 2 atom stereocenters. The van der Waals surface area contributed by atoms with Crippen LogP contribution in [0.5, 0.6) is 0 Å². The van der Waals surface area contributed by atoms with Crippen molar-refractivity contribution in [1.82, 2.24) is 5.01 Å². The van der Waals surface area contributed by atoms with E-state index in [2.05, 4.69) is 5.10 Å². The van der Waals surface area contributed by atoms with Gasteiger partial charge in [-0.05, 0) is 58.9 Å². The number of ether oxygens (including phenoxy) is 2. The van der Waals surface area contributed by atoms with Gasteiger partial charge in [0.15, 0.2) is 0 Å². The largest absolute Gasteiger partial charge is 0.443 e. The van der Waals surface area contributed by atoms with Crippen LogP contribution in [0.3, 0.4) is 0 Å². The first-order chi connectivity index (χ1) is 15.1. The van der Waals surface area contributed by atoms with Gasteiger partial charge in [-0.3, -0.25) is 4.79 Å². The minimum Gasteiger partial charge on any atom is -0.443 e. The first-order valence-corrected chi connectivity index (χ1v) is 10.6. The van der Waals surface area contributed by atoms with E-state index in [9.17, 15) is 13.6 Å². The van der Waals surface area contributed by atoms with E-state index in [0.717, 1.165) is 18.2 Å². The molecule has 2 aromatic rings. The summed E-state index contributed by atoms with van der Waals surface area (Å²) in [5.74, 6) is -2.00. The number of hydrogen-bond donors (Lipinski definition) is 1. The Kier molecular flexibility index (Phi) is 6.95. The molecule has 0 aliphatic carbocycles. The summed E-state index contributed by atoms with van der Waals surface area (Å²) in [6.45, 7) is 7.49. The van der Waals surface area contributed by atoms with Crippen LogP contribution in [0.2, 0.25) is 0 Å². The van der Waals surface area contributed by atoms with Gasteiger partial charge in [-0.2, -0.15) is 5.01 Å². The Morgan fingerprint density at radius 3 is 2.53 bits per heavy atom. The predicted octanol–water partition coefficient (Wildman–Crippen LogP) is 4.28. The molecule has 2 N–H and O–H groups in total. The molecule has 1 unspecified atom stereocenters. The first kappa shape index (κ1) is 23.8. The van der Waals surface area contributed by atoms with Gasteiger partial charge in [-0.1, -0.05) is 30.3 Å². The smallest absolute Gasteiger partial charge is 0.275 e. The number of benzene rings is 2. The summed E-state index contributed by atoms with van der Waals surface area (Å²) < 4.78 is 40.5. The van der Waals surface area contributed by atoms with E-state index in [4.69, 9.17) is 15.2 Å². The molecule has 1 aliphatic heterocycles. The third kappa shape index (κ3) is 4.97. The molecule has 0 radical (unpaired) electrons. The molecule has 32 heavy (non-hydrogen) atoms. The van der Waals surface area contributed by atoms with E-state index in [0.29, 0.717) is 24.9 Å². The monoisotopic (exact) mass is 445 g/mol. The topological polar surface area (TPSA) is 77.1 Å². The number of carbonyl (C=O) groups excluding carboxylic acids is 1. The maximum Gasteiger partial charge on any atom is 0.275 e. The van der Waals surface area contributed by atoms with E-state index in [1.165, 1.54) is 5.01 Å². The number of nitrogens with zero attached hydrogens (tertiary/aromatic N) is 2. The molecular formula is C24H29F2N3O3.